The van der Waals surface area contributed by atoms with Gasteiger partial charge < -0.3 is 16.0 Å². The van der Waals surface area contributed by atoms with Crippen LogP contribution in [0, 0.1) is 0 Å². The van der Waals surface area contributed by atoms with Gasteiger partial charge in [-0.3, -0.25) is 0 Å². The third kappa shape index (κ3) is 1.67. The standard InChI is InChI=1S/C12H19N3/c1-3-15-9(2)8-14-12-10(7-13)5-4-6-11(12)15/h4-6,9,14H,3,7-8,13H2,1-2H3. The molecular formula is C12H19N3. The number of nitrogens with two attached hydrogens (primary N) is 1. The molecule has 0 radical (unpaired) electrons. The van der Waals surface area contributed by atoms with Crippen molar-refractivity contribution in [2.24, 2.45) is 5.73 Å². The van der Waals surface area contributed by atoms with Gasteiger partial charge in [0.15, 0.2) is 0 Å². The maximum atomic E-state index is 5.74. The highest BCUT2D eigenvalue weighted by Gasteiger charge is 2.22. The van der Waals surface area contributed by atoms with E-state index in [1.165, 1.54) is 16.9 Å². The zero-order chi connectivity index (χ0) is 10.8. The zero-order valence-corrected chi connectivity index (χ0v) is 9.46. The first-order chi connectivity index (χ1) is 7.27. The van der Waals surface area contributed by atoms with Crippen LogP contribution in [0.3, 0.4) is 0 Å². The zero-order valence-electron chi connectivity index (χ0n) is 9.46. The molecule has 1 aromatic carbocycles. The van der Waals surface area contributed by atoms with E-state index in [1.807, 2.05) is 0 Å². The summed E-state index contributed by atoms with van der Waals surface area (Å²) in [7, 11) is 0. The summed E-state index contributed by atoms with van der Waals surface area (Å²) >= 11 is 0. The minimum absolute atomic E-state index is 0.551. The second-order valence-corrected chi connectivity index (χ2v) is 4.03. The predicted molar refractivity (Wildman–Crippen MR) is 65.3 cm³/mol. The van der Waals surface area contributed by atoms with Crippen LogP contribution in [0.1, 0.15) is 19.4 Å². The molecule has 1 aliphatic rings. The minimum Gasteiger partial charge on any atom is -0.381 e. The average Bonchev–Trinajstić information content (AvgIpc) is 2.28. The van der Waals surface area contributed by atoms with Crippen molar-refractivity contribution < 1.29 is 0 Å². The van der Waals surface area contributed by atoms with Gasteiger partial charge in [-0.05, 0) is 25.5 Å². The lowest BCUT2D eigenvalue weighted by Crippen LogP contribution is -2.42. The summed E-state index contributed by atoms with van der Waals surface area (Å²) in [5.74, 6) is 0. The first kappa shape index (κ1) is 10.3. The van der Waals surface area contributed by atoms with Crippen LogP contribution in [0.5, 0.6) is 0 Å². The number of fused-ring (bicyclic) bond motifs is 1. The van der Waals surface area contributed by atoms with E-state index in [4.69, 9.17) is 5.73 Å². The van der Waals surface area contributed by atoms with E-state index >= 15 is 0 Å². The number of nitrogens with zero attached hydrogens (tertiary/aromatic N) is 1. The molecule has 3 nitrogen and oxygen atoms in total. The molecule has 1 atom stereocenters. The van der Waals surface area contributed by atoms with Crippen LogP contribution in [0.25, 0.3) is 0 Å². The Hall–Kier alpha value is -1.22. The number of benzene rings is 1. The van der Waals surface area contributed by atoms with Gasteiger partial charge in [-0.15, -0.1) is 0 Å². The van der Waals surface area contributed by atoms with E-state index in [2.05, 4.69) is 42.3 Å². The normalized spacial score (nSPS) is 19.7. The lowest BCUT2D eigenvalue weighted by molar-refractivity contribution is 0.657. The average molecular weight is 205 g/mol. The van der Waals surface area contributed by atoms with E-state index in [-0.39, 0.29) is 0 Å². The monoisotopic (exact) mass is 205 g/mol. The largest absolute Gasteiger partial charge is 0.381 e. The summed E-state index contributed by atoms with van der Waals surface area (Å²) in [5.41, 5.74) is 9.46. The summed E-state index contributed by atoms with van der Waals surface area (Å²) in [5, 5.41) is 3.47. The van der Waals surface area contributed by atoms with Crippen molar-refractivity contribution in [3.63, 3.8) is 0 Å². The van der Waals surface area contributed by atoms with Crippen molar-refractivity contribution in [2.75, 3.05) is 23.3 Å². The van der Waals surface area contributed by atoms with E-state index in [0.717, 1.165) is 13.1 Å². The molecule has 15 heavy (non-hydrogen) atoms. The van der Waals surface area contributed by atoms with Gasteiger partial charge in [0, 0.05) is 25.7 Å². The highest BCUT2D eigenvalue weighted by Crippen LogP contribution is 2.33. The Balaban J connectivity index is 2.45. The summed E-state index contributed by atoms with van der Waals surface area (Å²) in [6.07, 6.45) is 0. The van der Waals surface area contributed by atoms with Crippen molar-refractivity contribution >= 4 is 11.4 Å². The number of para-hydroxylation sites is 1. The van der Waals surface area contributed by atoms with Crippen LogP contribution in [0.15, 0.2) is 18.2 Å². The Kier molecular flexibility index (Phi) is 2.82. The second-order valence-electron chi connectivity index (χ2n) is 4.03. The Bertz CT molecular complexity index is 349. The lowest BCUT2D eigenvalue weighted by Gasteiger charge is -2.37. The summed E-state index contributed by atoms with van der Waals surface area (Å²) in [6.45, 7) is 7.08. The molecule has 0 bridgehead atoms. The fourth-order valence-electron chi connectivity index (χ4n) is 2.28. The van der Waals surface area contributed by atoms with E-state index in [1.54, 1.807) is 0 Å². The van der Waals surface area contributed by atoms with Crippen molar-refractivity contribution in [3.8, 4) is 0 Å². The molecule has 2 rings (SSSR count). The van der Waals surface area contributed by atoms with Gasteiger partial charge in [0.1, 0.15) is 0 Å². The number of nitrogens with one attached hydrogen (secondary N) is 1. The molecule has 3 heteroatoms. The van der Waals surface area contributed by atoms with Crippen molar-refractivity contribution in [3.05, 3.63) is 23.8 Å². The third-order valence-electron chi connectivity index (χ3n) is 3.11. The van der Waals surface area contributed by atoms with E-state index < -0.39 is 0 Å². The fourth-order valence-corrected chi connectivity index (χ4v) is 2.28. The van der Waals surface area contributed by atoms with Crippen LogP contribution < -0.4 is 16.0 Å². The molecule has 82 valence electrons. The molecule has 0 aliphatic carbocycles. The molecule has 1 unspecified atom stereocenters. The van der Waals surface area contributed by atoms with Crippen LogP contribution in [-0.4, -0.2) is 19.1 Å². The number of hydrogen-bond donors (Lipinski definition) is 2. The van der Waals surface area contributed by atoms with Crippen LogP contribution in [-0.2, 0) is 6.54 Å². The van der Waals surface area contributed by atoms with Gasteiger partial charge in [-0.1, -0.05) is 12.1 Å². The molecule has 1 aromatic rings. The van der Waals surface area contributed by atoms with Crippen molar-refractivity contribution in [1.29, 1.82) is 0 Å². The fraction of sp³-hybridized carbons (Fsp3) is 0.500. The summed E-state index contributed by atoms with van der Waals surface area (Å²) < 4.78 is 0. The van der Waals surface area contributed by atoms with Gasteiger partial charge >= 0.3 is 0 Å². The van der Waals surface area contributed by atoms with E-state index in [9.17, 15) is 0 Å². The highest BCUT2D eigenvalue weighted by atomic mass is 15.2. The molecule has 0 aromatic heterocycles. The Morgan fingerprint density at radius 3 is 3.00 bits per heavy atom. The van der Waals surface area contributed by atoms with Crippen LogP contribution in [0.4, 0.5) is 11.4 Å². The molecular weight excluding hydrogens is 186 g/mol. The summed E-state index contributed by atoms with van der Waals surface area (Å²) in [6, 6.07) is 6.90. The van der Waals surface area contributed by atoms with Crippen LogP contribution in [0.2, 0.25) is 0 Å². The molecule has 0 spiro atoms. The van der Waals surface area contributed by atoms with E-state index in [0.29, 0.717) is 12.6 Å². The predicted octanol–water partition coefficient (Wildman–Crippen LogP) is 1.79. The maximum absolute atomic E-state index is 5.74. The lowest BCUT2D eigenvalue weighted by atomic mass is 10.1. The van der Waals surface area contributed by atoms with Crippen molar-refractivity contribution in [1.82, 2.24) is 0 Å². The molecule has 3 N–H and O–H groups in total. The number of hydrogen-bond acceptors (Lipinski definition) is 3. The minimum atomic E-state index is 0.551. The van der Waals surface area contributed by atoms with Gasteiger partial charge in [-0.2, -0.15) is 0 Å². The van der Waals surface area contributed by atoms with Gasteiger partial charge in [-0.25, -0.2) is 0 Å². The molecule has 0 fully saturated rings. The molecule has 1 aliphatic heterocycles. The number of rotatable bonds is 2. The van der Waals surface area contributed by atoms with Gasteiger partial charge in [0.2, 0.25) is 0 Å². The smallest absolute Gasteiger partial charge is 0.0624 e. The number of likely N-dealkylation sites (N-methyl/N-ethyl adjacent to an activating group) is 1. The molecule has 0 amide bonds. The molecule has 0 saturated carbocycles. The second kappa shape index (κ2) is 4.11. The Labute approximate surface area is 91.3 Å². The van der Waals surface area contributed by atoms with Crippen molar-refractivity contribution in [2.45, 2.75) is 26.4 Å². The summed E-state index contributed by atoms with van der Waals surface area (Å²) in [4.78, 5) is 2.42. The number of anilines is 2. The first-order valence-corrected chi connectivity index (χ1v) is 5.60. The quantitative estimate of drug-likeness (QED) is 0.773. The Morgan fingerprint density at radius 2 is 2.33 bits per heavy atom. The maximum Gasteiger partial charge on any atom is 0.0624 e. The molecule has 0 saturated heterocycles. The van der Waals surface area contributed by atoms with Crippen LogP contribution >= 0.6 is 0 Å². The first-order valence-electron chi connectivity index (χ1n) is 5.60. The topological polar surface area (TPSA) is 41.3 Å². The van der Waals surface area contributed by atoms with Gasteiger partial charge in [0.05, 0.1) is 11.4 Å². The highest BCUT2D eigenvalue weighted by molar-refractivity contribution is 5.76. The third-order valence-corrected chi connectivity index (χ3v) is 3.11. The van der Waals surface area contributed by atoms with Gasteiger partial charge in [0.25, 0.3) is 0 Å². The SMILES string of the molecule is CCN1c2cccc(CN)c2NCC1C. The Morgan fingerprint density at radius 1 is 1.53 bits per heavy atom. The molecule has 1 heterocycles.